The van der Waals surface area contributed by atoms with Crippen LogP contribution in [0.4, 0.5) is 15.8 Å². The molecule has 0 atom stereocenters. The summed E-state index contributed by atoms with van der Waals surface area (Å²) in [7, 11) is -2.73. The Kier molecular flexibility index (Phi) is 6.42. The van der Waals surface area contributed by atoms with E-state index < -0.39 is 21.7 Å². The topological polar surface area (TPSA) is 84.5 Å². The number of carbonyl (C=O) groups is 1. The van der Waals surface area contributed by atoms with Gasteiger partial charge in [0, 0.05) is 15.7 Å². The van der Waals surface area contributed by atoms with Crippen LogP contribution in [0.1, 0.15) is 15.9 Å². The van der Waals surface area contributed by atoms with Gasteiger partial charge in [-0.2, -0.15) is 0 Å². The Hall–Kier alpha value is -2.91. The number of hydrogen-bond acceptors (Lipinski definition) is 4. The van der Waals surface area contributed by atoms with Crippen LogP contribution in [0.5, 0.6) is 5.75 Å². The number of amides is 1. The molecular formula is C21H18BrFN2O4S. The molecule has 0 aliphatic heterocycles. The molecule has 0 aromatic heterocycles. The zero-order chi connectivity index (χ0) is 21.9. The first-order valence-electron chi connectivity index (χ1n) is 8.73. The van der Waals surface area contributed by atoms with Crippen LogP contribution in [0.15, 0.2) is 70.0 Å². The molecule has 0 saturated heterocycles. The second-order valence-electron chi connectivity index (χ2n) is 6.42. The Morgan fingerprint density at radius 1 is 1.03 bits per heavy atom. The molecule has 2 N–H and O–H groups in total. The third kappa shape index (κ3) is 4.98. The highest BCUT2D eigenvalue weighted by atomic mass is 79.9. The van der Waals surface area contributed by atoms with Crippen molar-refractivity contribution in [3.05, 3.63) is 82.1 Å². The minimum Gasteiger partial charge on any atom is -0.495 e. The second-order valence-corrected chi connectivity index (χ2v) is 8.98. The van der Waals surface area contributed by atoms with Crippen molar-refractivity contribution in [1.29, 1.82) is 0 Å². The van der Waals surface area contributed by atoms with Gasteiger partial charge in [0.2, 0.25) is 0 Å². The molecule has 0 unspecified atom stereocenters. The first-order chi connectivity index (χ1) is 14.2. The molecule has 0 aliphatic carbocycles. The third-order valence-corrected chi connectivity index (χ3v) is 6.12. The van der Waals surface area contributed by atoms with Crippen molar-refractivity contribution in [3.63, 3.8) is 0 Å². The first kappa shape index (κ1) is 21.8. The van der Waals surface area contributed by atoms with Gasteiger partial charge in [-0.15, -0.1) is 0 Å². The average molecular weight is 493 g/mol. The van der Waals surface area contributed by atoms with Crippen LogP contribution >= 0.6 is 15.9 Å². The number of hydrogen-bond donors (Lipinski definition) is 2. The van der Waals surface area contributed by atoms with E-state index in [0.29, 0.717) is 11.3 Å². The van der Waals surface area contributed by atoms with Crippen molar-refractivity contribution in [2.75, 3.05) is 17.1 Å². The summed E-state index contributed by atoms with van der Waals surface area (Å²) in [5.41, 5.74) is 1.09. The fourth-order valence-electron chi connectivity index (χ4n) is 2.67. The van der Waals surface area contributed by atoms with Crippen molar-refractivity contribution in [2.24, 2.45) is 0 Å². The number of sulfonamides is 1. The van der Waals surface area contributed by atoms with E-state index in [-0.39, 0.29) is 21.9 Å². The van der Waals surface area contributed by atoms with Gasteiger partial charge in [-0.3, -0.25) is 9.52 Å². The highest BCUT2D eigenvalue weighted by Gasteiger charge is 2.22. The van der Waals surface area contributed by atoms with Crippen molar-refractivity contribution in [1.82, 2.24) is 0 Å². The summed E-state index contributed by atoms with van der Waals surface area (Å²) in [5.74, 6) is -1.17. The van der Waals surface area contributed by atoms with E-state index in [4.69, 9.17) is 4.74 Å². The number of benzene rings is 3. The maximum absolute atomic E-state index is 14.0. The number of carbonyl (C=O) groups excluding carboxylic acids is 1. The van der Waals surface area contributed by atoms with Gasteiger partial charge in [-0.05, 0) is 67.1 Å². The summed E-state index contributed by atoms with van der Waals surface area (Å²) in [5, 5.41) is 2.45. The quantitative estimate of drug-likeness (QED) is 0.509. The van der Waals surface area contributed by atoms with Crippen LogP contribution in [0.25, 0.3) is 0 Å². The monoisotopic (exact) mass is 492 g/mol. The molecule has 9 heteroatoms. The molecule has 156 valence electrons. The lowest BCUT2D eigenvalue weighted by Gasteiger charge is -2.13. The fourth-order valence-corrected chi connectivity index (χ4v) is 4.19. The standard InChI is InChI=1S/C21H18BrFN2O4S/c1-13-3-9-18(17(23)11-13)24-21(26)14-4-10-19(29-2)20(12-14)30(27,28)25-16-7-5-15(22)6-8-16/h3-12,25H,1-2H3,(H,24,26). The van der Waals surface area contributed by atoms with E-state index in [0.717, 1.165) is 4.47 Å². The van der Waals surface area contributed by atoms with Crippen LogP contribution in [0, 0.1) is 12.7 Å². The molecule has 30 heavy (non-hydrogen) atoms. The highest BCUT2D eigenvalue weighted by molar-refractivity contribution is 9.10. The summed E-state index contributed by atoms with van der Waals surface area (Å²) in [6, 6.07) is 14.9. The van der Waals surface area contributed by atoms with Crippen molar-refractivity contribution < 1.29 is 22.3 Å². The lowest BCUT2D eigenvalue weighted by molar-refractivity contribution is 0.102. The van der Waals surface area contributed by atoms with Crippen LogP contribution in [-0.2, 0) is 10.0 Å². The van der Waals surface area contributed by atoms with E-state index in [2.05, 4.69) is 26.0 Å². The van der Waals surface area contributed by atoms with Gasteiger partial charge >= 0.3 is 0 Å². The molecule has 0 heterocycles. The van der Waals surface area contributed by atoms with E-state index in [9.17, 15) is 17.6 Å². The minimum absolute atomic E-state index is 0.00110. The normalized spacial score (nSPS) is 11.1. The molecule has 3 aromatic carbocycles. The number of anilines is 2. The number of rotatable bonds is 6. The number of methoxy groups -OCH3 is 1. The predicted octanol–water partition coefficient (Wildman–Crippen LogP) is 4.96. The molecule has 6 nitrogen and oxygen atoms in total. The molecular weight excluding hydrogens is 475 g/mol. The number of ether oxygens (including phenoxy) is 1. The maximum atomic E-state index is 14.0. The summed E-state index contributed by atoms with van der Waals surface area (Å²) < 4.78 is 48.2. The largest absolute Gasteiger partial charge is 0.495 e. The van der Waals surface area contributed by atoms with Gasteiger partial charge < -0.3 is 10.1 Å². The molecule has 0 aliphatic rings. The Labute approximate surface area is 182 Å². The first-order valence-corrected chi connectivity index (χ1v) is 11.0. The summed E-state index contributed by atoms with van der Waals surface area (Å²) >= 11 is 3.29. The average Bonchev–Trinajstić information content (AvgIpc) is 2.71. The zero-order valence-corrected chi connectivity index (χ0v) is 18.5. The van der Waals surface area contributed by atoms with Crippen LogP contribution in [-0.4, -0.2) is 21.4 Å². The molecule has 0 spiro atoms. The van der Waals surface area contributed by atoms with Gasteiger partial charge in [-0.1, -0.05) is 22.0 Å². The summed E-state index contributed by atoms with van der Waals surface area (Å²) in [6.07, 6.45) is 0. The smallest absolute Gasteiger partial charge is 0.265 e. The fraction of sp³-hybridized carbons (Fsp3) is 0.0952. The lowest BCUT2D eigenvalue weighted by Crippen LogP contribution is -2.17. The Bertz CT molecular complexity index is 1200. The van der Waals surface area contributed by atoms with Gasteiger partial charge in [0.15, 0.2) is 0 Å². The van der Waals surface area contributed by atoms with E-state index in [1.54, 1.807) is 37.3 Å². The SMILES string of the molecule is COc1ccc(C(=O)Nc2ccc(C)cc2F)cc1S(=O)(=O)Nc1ccc(Br)cc1. The number of halogens is 2. The Morgan fingerprint density at radius 2 is 1.73 bits per heavy atom. The minimum atomic E-state index is -4.06. The van der Waals surface area contributed by atoms with Gasteiger partial charge in [0.05, 0.1) is 12.8 Å². The summed E-state index contributed by atoms with van der Waals surface area (Å²) in [4.78, 5) is 12.4. The Morgan fingerprint density at radius 3 is 2.37 bits per heavy atom. The zero-order valence-electron chi connectivity index (χ0n) is 16.1. The number of aryl methyl sites for hydroxylation is 1. The van der Waals surface area contributed by atoms with Gasteiger partial charge in [-0.25, -0.2) is 12.8 Å². The molecule has 0 bridgehead atoms. The van der Waals surface area contributed by atoms with Crippen molar-refractivity contribution >= 4 is 43.2 Å². The highest BCUT2D eigenvalue weighted by Crippen LogP contribution is 2.28. The third-order valence-electron chi connectivity index (χ3n) is 4.18. The maximum Gasteiger partial charge on any atom is 0.265 e. The van der Waals surface area contributed by atoms with E-state index >= 15 is 0 Å². The van der Waals surface area contributed by atoms with Crippen molar-refractivity contribution in [3.8, 4) is 5.75 Å². The lowest BCUT2D eigenvalue weighted by atomic mass is 10.1. The second kappa shape index (κ2) is 8.85. The van der Waals surface area contributed by atoms with Crippen LogP contribution < -0.4 is 14.8 Å². The summed E-state index contributed by atoms with van der Waals surface area (Å²) in [6.45, 7) is 1.73. The van der Waals surface area contributed by atoms with Gasteiger partial charge in [0.1, 0.15) is 16.5 Å². The molecule has 3 aromatic rings. The molecule has 1 amide bonds. The number of nitrogens with one attached hydrogen (secondary N) is 2. The van der Waals surface area contributed by atoms with Crippen LogP contribution in [0.3, 0.4) is 0 Å². The van der Waals surface area contributed by atoms with Gasteiger partial charge in [0.25, 0.3) is 15.9 Å². The molecule has 0 radical (unpaired) electrons. The van der Waals surface area contributed by atoms with Crippen LogP contribution in [0.2, 0.25) is 0 Å². The Balaban J connectivity index is 1.92. The van der Waals surface area contributed by atoms with E-state index in [1.165, 1.54) is 37.4 Å². The molecule has 3 rings (SSSR count). The molecule has 0 fully saturated rings. The predicted molar refractivity (Wildman–Crippen MR) is 117 cm³/mol. The van der Waals surface area contributed by atoms with Crippen molar-refractivity contribution in [2.45, 2.75) is 11.8 Å². The molecule has 0 saturated carbocycles. The van der Waals surface area contributed by atoms with E-state index in [1.807, 2.05) is 0 Å².